The highest BCUT2D eigenvalue weighted by Gasteiger charge is 2.24. The molecule has 90 valence electrons. The summed E-state index contributed by atoms with van der Waals surface area (Å²) in [4.78, 5) is 22.2. The molecule has 1 aliphatic rings. The molecule has 0 spiro atoms. The van der Waals surface area contributed by atoms with Crippen LogP contribution >= 0.6 is 0 Å². The minimum absolute atomic E-state index is 0.119. The molecule has 1 aromatic rings. The highest BCUT2D eigenvalue weighted by molar-refractivity contribution is 6.03. The molecule has 1 heterocycles. The lowest BCUT2D eigenvalue weighted by Crippen LogP contribution is -2.51. The number of rotatable bonds is 2. The Morgan fingerprint density at radius 1 is 1.47 bits per heavy atom. The van der Waals surface area contributed by atoms with E-state index in [0.29, 0.717) is 5.56 Å². The van der Waals surface area contributed by atoms with Crippen LogP contribution in [0.2, 0.25) is 0 Å². The van der Waals surface area contributed by atoms with Crippen molar-refractivity contribution in [1.29, 1.82) is 0 Å². The summed E-state index contributed by atoms with van der Waals surface area (Å²) >= 11 is 0. The Bertz CT molecular complexity index is 473. The molecule has 1 aliphatic heterocycles. The van der Waals surface area contributed by atoms with Crippen molar-refractivity contribution in [2.75, 3.05) is 11.9 Å². The van der Waals surface area contributed by atoms with Crippen LogP contribution in [0.4, 0.5) is 10.5 Å². The molecular formula is C11H13N3O3. The summed E-state index contributed by atoms with van der Waals surface area (Å²) in [7, 11) is 0. The van der Waals surface area contributed by atoms with Gasteiger partial charge in [-0.15, -0.1) is 0 Å². The normalized spacial score (nSPS) is 17.7. The van der Waals surface area contributed by atoms with Gasteiger partial charge in [0.1, 0.15) is 6.17 Å². The predicted molar refractivity (Wildman–Crippen MR) is 62.1 cm³/mol. The SMILES string of the molecule is Cc1cccc2c1C(=O)NC(CNC(=O)O)N2. The summed E-state index contributed by atoms with van der Waals surface area (Å²) in [5.74, 6) is -0.186. The van der Waals surface area contributed by atoms with Crippen molar-refractivity contribution >= 4 is 17.7 Å². The van der Waals surface area contributed by atoms with Gasteiger partial charge in [-0.1, -0.05) is 12.1 Å². The first-order valence-corrected chi connectivity index (χ1v) is 5.22. The van der Waals surface area contributed by atoms with Crippen LogP contribution in [0.5, 0.6) is 0 Å². The first-order chi connectivity index (χ1) is 8.08. The van der Waals surface area contributed by atoms with Gasteiger partial charge in [0.15, 0.2) is 0 Å². The average Bonchev–Trinajstić information content (AvgIpc) is 2.26. The number of carbonyl (C=O) groups excluding carboxylic acids is 1. The Hall–Kier alpha value is -2.24. The molecule has 0 saturated carbocycles. The fraction of sp³-hybridized carbons (Fsp3) is 0.273. The molecule has 1 unspecified atom stereocenters. The minimum Gasteiger partial charge on any atom is -0.465 e. The van der Waals surface area contributed by atoms with Gasteiger partial charge in [-0.25, -0.2) is 4.79 Å². The second kappa shape index (κ2) is 4.32. The molecule has 0 aromatic heterocycles. The first-order valence-electron chi connectivity index (χ1n) is 5.22. The van der Waals surface area contributed by atoms with Crippen molar-refractivity contribution in [3.05, 3.63) is 29.3 Å². The van der Waals surface area contributed by atoms with Crippen molar-refractivity contribution < 1.29 is 14.7 Å². The third-order valence-corrected chi connectivity index (χ3v) is 2.59. The van der Waals surface area contributed by atoms with Crippen LogP contribution in [0.15, 0.2) is 18.2 Å². The zero-order valence-electron chi connectivity index (χ0n) is 9.28. The average molecular weight is 235 g/mol. The lowest BCUT2D eigenvalue weighted by Gasteiger charge is -2.28. The summed E-state index contributed by atoms with van der Waals surface area (Å²) in [5.41, 5.74) is 2.22. The van der Waals surface area contributed by atoms with E-state index in [4.69, 9.17) is 5.11 Å². The van der Waals surface area contributed by atoms with Gasteiger partial charge in [-0.05, 0) is 18.6 Å². The van der Waals surface area contributed by atoms with Gasteiger partial charge < -0.3 is 21.1 Å². The van der Waals surface area contributed by atoms with E-state index in [1.807, 2.05) is 19.1 Å². The fourth-order valence-electron chi connectivity index (χ4n) is 1.84. The second-order valence-corrected chi connectivity index (χ2v) is 3.85. The molecule has 1 atom stereocenters. The largest absolute Gasteiger partial charge is 0.465 e. The van der Waals surface area contributed by atoms with E-state index in [-0.39, 0.29) is 12.5 Å². The third kappa shape index (κ3) is 2.30. The third-order valence-electron chi connectivity index (χ3n) is 2.59. The lowest BCUT2D eigenvalue weighted by molar-refractivity contribution is 0.0934. The quantitative estimate of drug-likeness (QED) is 0.608. The molecule has 0 saturated heterocycles. The van der Waals surface area contributed by atoms with E-state index in [9.17, 15) is 9.59 Å². The Morgan fingerprint density at radius 3 is 2.94 bits per heavy atom. The number of anilines is 1. The molecule has 0 fully saturated rings. The van der Waals surface area contributed by atoms with Gasteiger partial charge in [0.05, 0.1) is 12.1 Å². The van der Waals surface area contributed by atoms with Crippen LogP contribution in [0.25, 0.3) is 0 Å². The Morgan fingerprint density at radius 2 is 2.24 bits per heavy atom. The molecule has 1 aromatic carbocycles. The summed E-state index contributed by atoms with van der Waals surface area (Å²) in [5, 5.41) is 16.5. The van der Waals surface area contributed by atoms with Crippen LogP contribution in [0.1, 0.15) is 15.9 Å². The maximum absolute atomic E-state index is 11.8. The van der Waals surface area contributed by atoms with Crippen LogP contribution in [-0.2, 0) is 0 Å². The summed E-state index contributed by atoms with van der Waals surface area (Å²) in [6, 6.07) is 5.51. The van der Waals surface area contributed by atoms with Crippen LogP contribution in [-0.4, -0.2) is 29.8 Å². The van der Waals surface area contributed by atoms with E-state index < -0.39 is 12.3 Å². The highest BCUT2D eigenvalue weighted by Crippen LogP contribution is 2.22. The number of amides is 2. The van der Waals surface area contributed by atoms with Gasteiger partial charge in [-0.2, -0.15) is 0 Å². The summed E-state index contributed by atoms with van der Waals surface area (Å²) < 4.78 is 0. The van der Waals surface area contributed by atoms with Crippen molar-refractivity contribution in [1.82, 2.24) is 10.6 Å². The topological polar surface area (TPSA) is 90.5 Å². The Kier molecular flexibility index (Phi) is 2.86. The molecule has 17 heavy (non-hydrogen) atoms. The number of carbonyl (C=O) groups is 2. The number of nitrogens with one attached hydrogen (secondary N) is 3. The number of hydrogen-bond acceptors (Lipinski definition) is 3. The number of benzene rings is 1. The number of aryl methyl sites for hydroxylation is 1. The zero-order valence-corrected chi connectivity index (χ0v) is 9.28. The van der Waals surface area contributed by atoms with Crippen molar-refractivity contribution in [2.24, 2.45) is 0 Å². The van der Waals surface area contributed by atoms with E-state index in [1.54, 1.807) is 6.07 Å². The van der Waals surface area contributed by atoms with E-state index in [1.165, 1.54) is 0 Å². The standard InChI is InChI=1S/C11H13N3O3/c1-6-3-2-4-7-9(6)10(15)14-8(13-7)5-12-11(16)17/h2-4,8,12-13H,5H2,1H3,(H,14,15)(H,16,17). The monoisotopic (exact) mass is 235 g/mol. The van der Waals surface area contributed by atoms with Gasteiger partial charge >= 0.3 is 6.09 Å². The van der Waals surface area contributed by atoms with Crippen molar-refractivity contribution in [3.8, 4) is 0 Å². The zero-order chi connectivity index (χ0) is 12.4. The second-order valence-electron chi connectivity index (χ2n) is 3.85. The van der Waals surface area contributed by atoms with Gasteiger partial charge in [-0.3, -0.25) is 4.79 Å². The molecule has 4 N–H and O–H groups in total. The van der Waals surface area contributed by atoms with Crippen molar-refractivity contribution in [2.45, 2.75) is 13.1 Å². The summed E-state index contributed by atoms with van der Waals surface area (Å²) in [6.07, 6.45) is -1.54. The van der Waals surface area contributed by atoms with E-state index in [0.717, 1.165) is 11.3 Å². The molecule has 0 radical (unpaired) electrons. The molecule has 2 rings (SSSR count). The van der Waals surface area contributed by atoms with Crippen LogP contribution in [0, 0.1) is 6.92 Å². The number of fused-ring (bicyclic) bond motifs is 1. The smallest absolute Gasteiger partial charge is 0.404 e. The molecule has 2 amide bonds. The van der Waals surface area contributed by atoms with Crippen molar-refractivity contribution in [3.63, 3.8) is 0 Å². The first kappa shape index (κ1) is 11.3. The highest BCUT2D eigenvalue weighted by atomic mass is 16.4. The molecule has 0 bridgehead atoms. The van der Waals surface area contributed by atoms with E-state index >= 15 is 0 Å². The molecule has 0 aliphatic carbocycles. The van der Waals surface area contributed by atoms with E-state index in [2.05, 4.69) is 16.0 Å². The lowest BCUT2D eigenvalue weighted by atomic mass is 10.0. The fourth-order valence-corrected chi connectivity index (χ4v) is 1.84. The van der Waals surface area contributed by atoms with Crippen LogP contribution in [0.3, 0.4) is 0 Å². The maximum atomic E-state index is 11.8. The Balaban J connectivity index is 2.16. The maximum Gasteiger partial charge on any atom is 0.404 e. The predicted octanol–water partition coefficient (Wildman–Crippen LogP) is 0.744. The molecule has 6 nitrogen and oxygen atoms in total. The molecule has 6 heteroatoms. The minimum atomic E-state index is -1.11. The van der Waals surface area contributed by atoms with Gasteiger partial charge in [0.2, 0.25) is 0 Å². The molecular weight excluding hydrogens is 222 g/mol. The summed E-state index contributed by atoms with van der Waals surface area (Å²) in [6.45, 7) is 1.98. The van der Waals surface area contributed by atoms with Gasteiger partial charge in [0.25, 0.3) is 5.91 Å². The van der Waals surface area contributed by atoms with Gasteiger partial charge in [0, 0.05) is 5.69 Å². The van der Waals surface area contributed by atoms with Crippen LogP contribution < -0.4 is 16.0 Å². The number of carboxylic acid groups (broad SMARTS) is 1. The Labute approximate surface area is 98.0 Å². The number of hydrogen-bond donors (Lipinski definition) is 4.